The molecule has 1 aliphatic heterocycles. The number of nitrogens with zero attached hydrogens (tertiary/aromatic N) is 2. The summed E-state index contributed by atoms with van der Waals surface area (Å²) in [6.45, 7) is 11.8. The van der Waals surface area contributed by atoms with E-state index in [-0.39, 0.29) is 23.8 Å². The highest BCUT2D eigenvalue weighted by Gasteiger charge is 2.27. The molecule has 1 N–H and O–H groups in total. The third-order valence-corrected chi connectivity index (χ3v) is 8.30. The molecule has 0 saturated heterocycles. The molecule has 0 fully saturated rings. The van der Waals surface area contributed by atoms with Gasteiger partial charge < -0.3 is 14.7 Å². The van der Waals surface area contributed by atoms with Crippen LogP contribution >= 0.6 is 0 Å². The Hall–Kier alpha value is -3.93. The molecule has 0 saturated carbocycles. The van der Waals surface area contributed by atoms with Gasteiger partial charge in [-0.15, -0.1) is 0 Å². The summed E-state index contributed by atoms with van der Waals surface area (Å²) in [6.07, 6.45) is 5.89. The second-order valence-corrected chi connectivity index (χ2v) is 12.8. The first-order valence-corrected chi connectivity index (χ1v) is 16.1. The lowest BCUT2D eigenvalue weighted by Crippen LogP contribution is -2.42. The van der Waals surface area contributed by atoms with Crippen molar-refractivity contribution in [1.29, 1.82) is 0 Å². The third kappa shape index (κ3) is 9.04. The van der Waals surface area contributed by atoms with Crippen LogP contribution in [0, 0.1) is 0 Å². The summed E-state index contributed by atoms with van der Waals surface area (Å²) in [4.78, 5) is 31.3. The Balaban J connectivity index is 1.38. The molecule has 0 aliphatic carbocycles. The van der Waals surface area contributed by atoms with Gasteiger partial charge in [-0.05, 0) is 91.3 Å². The van der Waals surface area contributed by atoms with Crippen molar-refractivity contribution in [2.75, 3.05) is 13.2 Å². The Morgan fingerprint density at radius 1 is 0.932 bits per heavy atom. The standard InChI is InChI=1S/C38H48N2O4/c1-6-40-35(39-32(26-36(40)41)15-9-11-27-17-20-31(21-18-27)38(3,4)5)16-10-13-28-12-8-14-30(23-28)33-24-29(25-37(42)43)19-22-34(33)44-7-2/h8,12,14,17-24,32H,6-7,9-11,13,15-16,25-26H2,1-5H3,(H,42,43). The van der Waals surface area contributed by atoms with Gasteiger partial charge >= 0.3 is 5.97 Å². The molecule has 44 heavy (non-hydrogen) atoms. The molecule has 1 amide bonds. The zero-order valence-electron chi connectivity index (χ0n) is 27.1. The molecule has 0 bridgehead atoms. The van der Waals surface area contributed by atoms with Crippen LogP contribution in [0.3, 0.4) is 0 Å². The molecular weight excluding hydrogens is 548 g/mol. The molecule has 0 aromatic heterocycles. The van der Waals surface area contributed by atoms with Crippen molar-refractivity contribution in [3.8, 4) is 16.9 Å². The summed E-state index contributed by atoms with van der Waals surface area (Å²) in [5.74, 6) is 0.996. The lowest BCUT2D eigenvalue weighted by molar-refractivity contribution is -0.136. The minimum atomic E-state index is -0.854. The molecule has 234 valence electrons. The fourth-order valence-electron chi connectivity index (χ4n) is 5.93. The van der Waals surface area contributed by atoms with Crippen molar-refractivity contribution in [1.82, 2.24) is 4.90 Å². The number of carboxylic acids is 1. The van der Waals surface area contributed by atoms with Gasteiger partial charge in [0.2, 0.25) is 5.91 Å². The Kier molecular flexibility index (Phi) is 11.4. The van der Waals surface area contributed by atoms with Crippen LogP contribution in [-0.4, -0.2) is 46.9 Å². The average molecular weight is 597 g/mol. The normalized spacial score (nSPS) is 15.3. The highest BCUT2D eigenvalue weighted by Crippen LogP contribution is 2.32. The van der Waals surface area contributed by atoms with Crippen LogP contribution < -0.4 is 4.74 Å². The van der Waals surface area contributed by atoms with Crippen LogP contribution in [0.25, 0.3) is 11.1 Å². The van der Waals surface area contributed by atoms with E-state index in [4.69, 9.17) is 9.73 Å². The molecule has 1 aliphatic rings. The summed E-state index contributed by atoms with van der Waals surface area (Å²) in [5.41, 5.74) is 6.68. The number of carboxylic acid groups (broad SMARTS) is 1. The van der Waals surface area contributed by atoms with Crippen molar-refractivity contribution in [2.45, 2.75) is 97.4 Å². The number of hydrogen-bond acceptors (Lipinski definition) is 4. The predicted octanol–water partition coefficient (Wildman–Crippen LogP) is 8.04. The van der Waals surface area contributed by atoms with Gasteiger partial charge in [0.1, 0.15) is 11.6 Å². The fraction of sp³-hybridized carbons (Fsp3) is 0.447. The Labute approximate surface area is 263 Å². The maximum absolute atomic E-state index is 13.0. The molecule has 3 aromatic carbocycles. The van der Waals surface area contributed by atoms with Crippen LogP contribution in [0.5, 0.6) is 5.75 Å². The van der Waals surface area contributed by atoms with Gasteiger partial charge in [-0.3, -0.25) is 14.6 Å². The number of amides is 1. The number of benzene rings is 3. The summed E-state index contributed by atoms with van der Waals surface area (Å²) >= 11 is 0. The number of ether oxygens (including phenoxy) is 1. The van der Waals surface area contributed by atoms with Gasteiger partial charge in [0, 0.05) is 24.9 Å². The van der Waals surface area contributed by atoms with Crippen LogP contribution in [0.2, 0.25) is 0 Å². The first kappa shape index (κ1) is 33.0. The van der Waals surface area contributed by atoms with Gasteiger partial charge in [-0.1, -0.05) is 75.4 Å². The van der Waals surface area contributed by atoms with Crippen molar-refractivity contribution in [3.63, 3.8) is 0 Å². The van der Waals surface area contributed by atoms with E-state index in [1.165, 1.54) is 16.7 Å². The minimum Gasteiger partial charge on any atom is -0.493 e. The molecule has 1 heterocycles. The second kappa shape index (κ2) is 15.2. The van der Waals surface area contributed by atoms with E-state index < -0.39 is 5.97 Å². The minimum absolute atomic E-state index is 0.0284. The average Bonchev–Trinajstić information content (AvgIpc) is 2.98. The molecule has 1 atom stereocenters. The zero-order chi connectivity index (χ0) is 31.7. The van der Waals surface area contributed by atoms with Crippen LogP contribution in [0.4, 0.5) is 0 Å². The van der Waals surface area contributed by atoms with E-state index >= 15 is 0 Å². The van der Waals surface area contributed by atoms with E-state index in [9.17, 15) is 14.7 Å². The van der Waals surface area contributed by atoms with Gasteiger partial charge in [0.15, 0.2) is 0 Å². The lowest BCUT2D eigenvalue weighted by atomic mass is 9.86. The van der Waals surface area contributed by atoms with E-state index in [1.54, 1.807) is 0 Å². The van der Waals surface area contributed by atoms with Crippen molar-refractivity contribution < 1.29 is 19.4 Å². The Bertz CT molecular complexity index is 1450. The van der Waals surface area contributed by atoms with E-state index in [2.05, 4.69) is 57.2 Å². The SMILES string of the molecule is CCOc1ccc(CC(=O)O)cc1-c1cccc(CCCC2=NC(CCCc3ccc(C(C)(C)C)cc3)CC(=O)N2CC)c1. The van der Waals surface area contributed by atoms with E-state index in [0.717, 1.165) is 66.8 Å². The quantitative estimate of drug-likeness (QED) is 0.204. The Morgan fingerprint density at radius 3 is 2.34 bits per heavy atom. The second-order valence-electron chi connectivity index (χ2n) is 12.8. The maximum atomic E-state index is 13.0. The number of aryl methyl sites for hydroxylation is 2. The zero-order valence-corrected chi connectivity index (χ0v) is 27.1. The maximum Gasteiger partial charge on any atom is 0.307 e. The summed E-state index contributed by atoms with van der Waals surface area (Å²) in [7, 11) is 0. The number of hydrogen-bond donors (Lipinski definition) is 1. The van der Waals surface area contributed by atoms with E-state index in [0.29, 0.717) is 19.6 Å². The lowest BCUT2D eigenvalue weighted by Gasteiger charge is -2.30. The van der Waals surface area contributed by atoms with Crippen LogP contribution in [-0.2, 0) is 34.3 Å². The number of aliphatic carboxylic acids is 1. The van der Waals surface area contributed by atoms with Gasteiger partial charge in [0.25, 0.3) is 0 Å². The number of carbonyl (C=O) groups excluding carboxylic acids is 1. The van der Waals surface area contributed by atoms with Crippen molar-refractivity contribution in [3.05, 3.63) is 89.0 Å². The molecular formula is C38H48N2O4. The molecule has 0 radical (unpaired) electrons. The molecule has 3 aromatic rings. The summed E-state index contributed by atoms with van der Waals surface area (Å²) < 4.78 is 5.87. The van der Waals surface area contributed by atoms with Gasteiger partial charge in [-0.25, -0.2) is 0 Å². The molecule has 1 unspecified atom stereocenters. The first-order valence-electron chi connectivity index (χ1n) is 16.1. The van der Waals surface area contributed by atoms with Gasteiger partial charge in [0.05, 0.1) is 19.1 Å². The van der Waals surface area contributed by atoms with Crippen LogP contribution in [0.1, 0.15) is 89.0 Å². The number of amidine groups is 1. The largest absolute Gasteiger partial charge is 0.493 e. The monoisotopic (exact) mass is 596 g/mol. The van der Waals surface area contributed by atoms with Crippen molar-refractivity contribution >= 4 is 17.7 Å². The first-order chi connectivity index (χ1) is 21.1. The smallest absolute Gasteiger partial charge is 0.307 e. The van der Waals surface area contributed by atoms with Crippen LogP contribution in [0.15, 0.2) is 71.7 Å². The number of rotatable bonds is 14. The molecule has 6 nitrogen and oxygen atoms in total. The number of carbonyl (C=O) groups is 2. The molecule has 0 spiro atoms. The van der Waals surface area contributed by atoms with Gasteiger partial charge in [-0.2, -0.15) is 0 Å². The number of aliphatic imine (C=N–C) groups is 1. The Morgan fingerprint density at radius 2 is 1.66 bits per heavy atom. The highest BCUT2D eigenvalue weighted by atomic mass is 16.5. The van der Waals surface area contributed by atoms with E-state index in [1.807, 2.05) is 49.1 Å². The predicted molar refractivity (Wildman–Crippen MR) is 179 cm³/mol. The third-order valence-electron chi connectivity index (χ3n) is 8.30. The molecule has 6 heteroatoms. The summed E-state index contributed by atoms with van der Waals surface area (Å²) in [6, 6.07) is 22.9. The fourth-order valence-corrected chi connectivity index (χ4v) is 5.93. The molecule has 4 rings (SSSR count). The highest BCUT2D eigenvalue weighted by molar-refractivity contribution is 6.00. The van der Waals surface area contributed by atoms with Crippen molar-refractivity contribution in [2.24, 2.45) is 4.99 Å². The summed E-state index contributed by atoms with van der Waals surface area (Å²) in [5, 5.41) is 9.27. The topological polar surface area (TPSA) is 79.2 Å².